The van der Waals surface area contributed by atoms with E-state index in [9.17, 15) is 9.90 Å². The Balaban J connectivity index is 2.46. The van der Waals surface area contributed by atoms with Crippen LogP contribution in [0.5, 0.6) is 5.75 Å². The summed E-state index contributed by atoms with van der Waals surface area (Å²) in [6.07, 6.45) is 1.90. The van der Waals surface area contributed by atoms with Crippen LogP contribution < -0.4 is 0 Å². The van der Waals surface area contributed by atoms with E-state index >= 15 is 0 Å². The van der Waals surface area contributed by atoms with Gasteiger partial charge in [0.25, 0.3) is 0 Å². The number of carbonyl (C=O) groups is 1. The third kappa shape index (κ3) is 3.43. The number of aliphatic carboxylic acids is 1. The Kier molecular flexibility index (Phi) is 4.63. The first-order valence-electron chi connectivity index (χ1n) is 7.18. The van der Waals surface area contributed by atoms with Crippen LogP contribution in [0.25, 0.3) is 11.1 Å². The van der Waals surface area contributed by atoms with Gasteiger partial charge >= 0.3 is 5.97 Å². The van der Waals surface area contributed by atoms with E-state index in [4.69, 9.17) is 5.11 Å². The predicted octanol–water partition coefficient (Wildman–Crippen LogP) is 4.20. The van der Waals surface area contributed by atoms with Gasteiger partial charge in [0.2, 0.25) is 0 Å². The molecule has 2 aromatic rings. The average molecular weight is 284 g/mol. The molecule has 0 aliphatic rings. The van der Waals surface area contributed by atoms with Gasteiger partial charge in [0.05, 0.1) is 5.92 Å². The minimum absolute atomic E-state index is 0.243. The van der Waals surface area contributed by atoms with Gasteiger partial charge in [-0.15, -0.1) is 0 Å². The normalized spacial score (nSPS) is 12.1. The summed E-state index contributed by atoms with van der Waals surface area (Å²) in [6.45, 7) is 3.81. The Morgan fingerprint density at radius 1 is 1.14 bits per heavy atom. The second-order valence-corrected chi connectivity index (χ2v) is 5.27. The summed E-state index contributed by atoms with van der Waals surface area (Å²) in [5.74, 6) is -1.07. The van der Waals surface area contributed by atoms with Gasteiger partial charge in [-0.3, -0.25) is 4.79 Å². The lowest BCUT2D eigenvalue weighted by molar-refractivity contribution is -0.138. The van der Waals surface area contributed by atoms with Crippen LogP contribution in [0.15, 0.2) is 42.5 Å². The molecule has 2 rings (SSSR count). The van der Waals surface area contributed by atoms with Crippen LogP contribution in [0, 0.1) is 0 Å². The molecule has 0 spiro atoms. The molecule has 0 saturated heterocycles. The fourth-order valence-electron chi connectivity index (χ4n) is 2.42. The van der Waals surface area contributed by atoms with E-state index in [1.54, 1.807) is 19.1 Å². The fraction of sp³-hybridized carbons (Fsp3) is 0.278. The number of hydrogen-bond donors (Lipinski definition) is 2. The molecule has 0 aliphatic heterocycles. The van der Waals surface area contributed by atoms with Crippen molar-refractivity contribution < 1.29 is 15.0 Å². The number of carboxylic acid groups (broad SMARTS) is 1. The van der Waals surface area contributed by atoms with Gasteiger partial charge in [0.15, 0.2) is 0 Å². The summed E-state index contributed by atoms with van der Waals surface area (Å²) in [7, 11) is 0. The zero-order chi connectivity index (χ0) is 15.4. The highest BCUT2D eigenvalue weighted by molar-refractivity contribution is 5.77. The molecule has 1 unspecified atom stereocenters. The quantitative estimate of drug-likeness (QED) is 0.865. The van der Waals surface area contributed by atoms with Crippen molar-refractivity contribution in [2.75, 3.05) is 0 Å². The van der Waals surface area contributed by atoms with Gasteiger partial charge in [-0.25, -0.2) is 0 Å². The fourth-order valence-corrected chi connectivity index (χ4v) is 2.42. The summed E-state index contributed by atoms with van der Waals surface area (Å²) >= 11 is 0. The number of aromatic hydroxyl groups is 1. The lowest BCUT2D eigenvalue weighted by Crippen LogP contribution is -2.08. The first-order chi connectivity index (χ1) is 10.0. The van der Waals surface area contributed by atoms with E-state index in [1.807, 2.05) is 30.3 Å². The molecule has 0 radical (unpaired) electrons. The molecule has 0 aliphatic carbocycles. The van der Waals surface area contributed by atoms with Crippen LogP contribution in [0.1, 0.15) is 37.3 Å². The van der Waals surface area contributed by atoms with Crippen LogP contribution in [0.2, 0.25) is 0 Å². The summed E-state index contributed by atoms with van der Waals surface area (Å²) in [5, 5.41) is 18.5. The Morgan fingerprint density at radius 2 is 1.81 bits per heavy atom. The Bertz CT molecular complexity index is 629. The predicted molar refractivity (Wildman–Crippen MR) is 83.6 cm³/mol. The maximum absolute atomic E-state index is 11.1. The van der Waals surface area contributed by atoms with Gasteiger partial charge in [0, 0.05) is 0 Å². The van der Waals surface area contributed by atoms with Crippen molar-refractivity contribution >= 4 is 5.97 Å². The summed E-state index contributed by atoms with van der Waals surface area (Å²) in [6, 6.07) is 12.9. The monoisotopic (exact) mass is 284 g/mol. The molecule has 0 amide bonds. The van der Waals surface area contributed by atoms with Gasteiger partial charge in [-0.2, -0.15) is 0 Å². The van der Waals surface area contributed by atoms with Crippen LogP contribution >= 0.6 is 0 Å². The standard InChI is InChI=1S/C18H20O3/c1-3-4-15-11-14(12(2)18(20)21)7-10-17(15)13-5-8-16(19)9-6-13/h5-12,19H,3-4H2,1-2H3,(H,20,21). The summed E-state index contributed by atoms with van der Waals surface area (Å²) < 4.78 is 0. The van der Waals surface area contributed by atoms with Crippen LogP contribution in [-0.4, -0.2) is 16.2 Å². The molecule has 0 fully saturated rings. The van der Waals surface area contributed by atoms with Gasteiger partial charge in [0.1, 0.15) is 5.75 Å². The minimum atomic E-state index is -0.810. The molecule has 110 valence electrons. The molecule has 0 aromatic heterocycles. The summed E-state index contributed by atoms with van der Waals surface area (Å²) in [5.41, 5.74) is 4.10. The maximum atomic E-state index is 11.1. The third-order valence-corrected chi connectivity index (χ3v) is 3.70. The van der Waals surface area contributed by atoms with Crippen LogP contribution in [0.4, 0.5) is 0 Å². The van der Waals surface area contributed by atoms with Crippen LogP contribution in [-0.2, 0) is 11.2 Å². The van der Waals surface area contributed by atoms with E-state index in [2.05, 4.69) is 6.92 Å². The SMILES string of the molecule is CCCc1cc(C(C)C(=O)O)ccc1-c1ccc(O)cc1. The van der Waals surface area contributed by atoms with E-state index in [-0.39, 0.29) is 5.75 Å². The molecule has 2 N–H and O–H groups in total. The Morgan fingerprint density at radius 3 is 2.38 bits per heavy atom. The van der Waals surface area contributed by atoms with Crippen molar-refractivity contribution in [1.82, 2.24) is 0 Å². The first-order valence-corrected chi connectivity index (χ1v) is 7.18. The molecule has 0 bridgehead atoms. The molecule has 3 heteroatoms. The highest BCUT2D eigenvalue weighted by Gasteiger charge is 2.15. The van der Waals surface area contributed by atoms with Gasteiger partial charge in [-0.05, 0) is 47.7 Å². The molecule has 0 saturated carbocycles. The van der Waals surface area contributed by atoms with E-state index < -0.39 is 11.9 Å². The highest BCUT2D eigenvalue weighted by atomic mass is 16.4. The Hall–Kier alpha value is -2.29. The molecule has 21 heavy (non-hydrogen) atoms. The molecule has 0 heterocycles. The lowest BCUT2D eigenvalue weighted by atomic mass is 9.91. The smallest absolute Gasteiger partial charge is 0.310 e. The number of rotatable bonds is 5. The lowest BCUT2D eigenvalue weighted by Gasteiger charge is -2.14. The first kappa shape index (κ1) is 15.1. The molecule has 3 nitrogen and oxygen atoms in total. The second-order valence-electron chi connectivity index (χ2n) is 5.27. The van der Waals surface area contributed by atoms with Crippen LogP contribution in [0.3, 0.4) is 0 Å². The van der Waals surface area contributed by atoms with Crippen molar-refractivity contribution in [2.45, 2.75) is 32.6 Å². The topological polar surface area (TPSA) is 57.5 Å². The number of hydrogen-bond acceptors (Lipinski definition) is 2. The van der Waals surface area contributed by atoms with Gasteiger partial charge in [-0.1, -0.05) is 43.7 Å². The van der Waals surface area contributed by atoms with Crippen molar-refractivity contribution in [3.63, 3.8) is 0 Å². The second kappa shape index (κ2) is 6.44. The number of phenols is 1. The molecular formula is C18H20O3. The number of benzene rings is 2. The molecule has 2 aromatic carbocycles. The minimum Gasteiger partial charge on any atom is -0.508 e. The number of phenolic OH excluding ortho intramolecular Hbond substituents is 1. The molecular weight excluding hydrogens is 264 g/mol. The van der Waals surface area contributed by atoms with Crippen molar-refractivity contribution in [1.29, 1.82) is 0 Å². The summed E-state index contributed by atoms with van der Waals surface area (Å²) in [4.78, 5) is 11.1. The zero-order valence-electron chi connectivity index (χ0n) is 12.3. The van der Waals surface area contributed by atoms with E-state index in [0.29, 0.717) is 0 Å². The third-order valence-electron chi connectivity index (χ3n) is 3.70. The average Bonchev–Trinajstić information content (AvgIpc) is 2.48. The Labute approximate surface area is 124 Å². The highest BCUT2D eigenvalue weighted by Crippen LogP contribution is 2.29. The van der Waals surface area contributed by atoms with E-state index in [1.165, 1.54) is 0 Å². The van der Waals surface area contributed by atoms with Crippen molar-refractivity contribution in [3.8, 4) is 16.9 Å². The van der Waals surface area contributed by atoms with E-state index in [0.717, 1.165) is 35.1 Å². The van der Waals surface area contributed by atoms with Crippen molar-refractivity contribution in [3.05, 3.63) is 53.6 Å². The van der Waals surface area contributed by atoms with Gasteiger partial charge < -0.3 is 10.2 Å². The zero-order valence-corrected chi connectivity index (χ0v) is 12.3. The number of aryl methyl sites for hydroxylation is 1. The number of carboxylic acids is 1. The molecule has 1 atom stereocenters. The largest absolute Gasteiger partial charge is 0.508 e. The maximum Gasteiger partial charge on any atom is 0.310 e. The van der Waals surface area contributed by atoms with Crippen molar-refractivity contribution in [2.24, 2.45) is 0 Å².